The molecule has 0 bridgehead atoms. The lowest BCUT2D eigenvalue weighted by atomic mass is 10.1. The van der Waals surface area contributed by atoms with Gasteiger partial charge in [-0.15, -0.1) is 11.3 Å². The molecule has 0 radical (unpaired) electrons. The second-order valence-corrected chi connectivity index (χ2v) is 7.58. The molecule has 2 aromatic heterocycles. The average molecular weight is 402 g/mol. The molecule has 0 unspecified atom stereocenters. The van der Waals surface area contributed by atoms with Crippen LogP contribution in [0, 0.1) is 10.1 Å². The minimum Gasteiger partial charge on any atom is -0.490 e. The third kappa shape index (κ3) is 3.01. The first-order valence-corrected chi connectivity index (χ1v) is 9.66. The van der Waals surface area contributed by atoms with Gasteiger partial charge in [0, 0.05) is 21.2 Å². The van der Waals surface area contributed by atoms with Crippen molar-refractivity contribution in [2.45, 2.75) is 0 Å². The highest BCUT2D eigenvalue weighted by Crippen LogP contribution is 2.36. The number of rotatable bonds is 4. The number of hydrogen-bond acceptors (Lipinski definition) is 6. The van der Waals surface area contributed by atoms with Crippen LogP contribution in [0.25, 0.3) is 43.1 Å². The molecule has 0 saturated heterocycles. The number of nitro groups is 1. The summed E-state index contributed by atoms with van der Waals surface area (Å²) in [4.78, 5) is 16.5. The Hall–Kier alpha value is -3.71. The van der Waals surface area contributed by atoms with Gasteiger partial charge in [0.2, 0.25) is 5.89 Å². The average Bonchev–Trinajstić information content (AvgIpc) is 3.36. The number of fused-ring (bicyclic) bond motifs is 2. The molecule has 3 aromatic carbocycles. The topological polar surface area (TPSA) is 78.4 Å². The van der Waals surface area contributed by atoms with Crippen LogP contribution in [0.5, 0.6) is 5.75 Å². The van der Waals surface area contributed by atoms with E-state index in [1.54, 1.807) is 23.5 Å². The largest absolute Gasteiger partial charge is 0.490 e. The fraction of sp³-hybridized carbons (Fsp3) is 0.0455. The van der Waals surface area contributed by atoms with Crippen molar-refractivity contribution < 1.29 is 14.1 Å². The predicted molar refractivity (Wildman–Crippen MR) is 113 cm³/mol. The Morgan fingerprint density at radius 3 is 2.66 bits per heavy atom. The van der Waals surface area contributed by atoms with E-state index in [-0.39, 0.29) is 11.4 Å². The molecule has 2 heterocycles. The van der Waals surface area contributed by atoms with Crippen LogP contribution in [0.15, 0.2) is 71.1 Å². The zero-order valence-electron chi connectivity index (χ0n) is 15.3. The zero-order chi connectivity index (χ0) is 20.0. The van der Waals surface area contributed by atoms with Gasteiger partial charge in [-0.3, -0.25) is 10.1 Å². The van der Waals surface area contributed by atoms with Crippen LogP contribution in [0.1, 0.15) is 0 Å². The molecule has 6 nitrogen and oxygen atoms in total. The highest BCUT2D eigenvalue weighted by atomic mass is 32.1. The van der Waals surface area contributed by atoms with Gasteiger partial charge in [0.05, 0.1) is 12.0 Å². The molecule has 5 rings (SSSR count). The van der Waals surface area contributed by atoms with E-state index in [1.165, 1.54) is 23.3 Å². The van der Waals surface area contributed by atoms with Crippen LogP contribution in [-0.2, 0) is 0 Å². The minimum atomic E-state index is -0.482. The molecule has 0 amide bonds. The van der Waals surface area contributed by atoms with Crippen molar-refractivity contribution in [3.63, 3.8) is 0 Å². The molecule has 0 fully saturated rings. The van der Waals surface area contributed by atoms with E-state index in [9.17, 15) is 10.1 Å². The number of oxazole rings is 1. The van der Waals surface area contributed by atoms with Crippen molar-refractivity contribution in [3.05, 3.63) is 76.8 Å². The molecule has 0 saturated carbocycles. The summed E-state index contributed by atoms with van der Waals surface area (Å²) < 4.78 is 12.1. The second-order valence-electron chi connectivity index (χ2n) is 6.49. The van der Waals surface area contributed by atoms with E-state index in [0.29, 0.717) is 22.6 Å². The van der Waals surface area contributed by atoms with Gasteiger partial charge >= 0.3 is 5.69 Å². The summed E-state index contributed by atoms with van der Waals surface area (Å²) in [5.41, 5.74) is 2.78. The van der Waals surface area contributed by atoms with Gasteiger partial charge in [-0.2, -0.15) is 0 Å². The van der Waals surface area contributed by atoms with Crippen LogP contribution < -0.4 is 4.74 Å². The molecule has 0 spiro atoms. The SMILES string of the molecule is COc1ccc(-c2nc3cc(-c4cc5ccccc5s4)ccc3o2)cc1[N+](=O)[O-]. The Bertz CT molecular complexity index is 1350. The maximum atomic E-state index is 11.3. The normalized spacial score (nSPS) is 11.2. The predicted octanol–water partition coefficient (Wildman–Crippen LogP) is 6.29. The third-order valence-corrected chi connectivity index (χ3v) is 5.89. The van der Waals surface area contributed by atoms with Gasteiger partial charge in [-0.25, -0.2) is 4.98 Å². The number of nitro benzene ring substituents is 1. The summed E-state index contributed by atoms with van der Waals surface area (Å²) in [6.07, 6.45) is 0. The molecular formula is C22H14N2O4S. The molecule has 142 valence electrons. The van der Waals surface area contributed by atoms with Crippen LogP contribution in [0.4, 0.5) is 5.69 Å². The van der Waals surface area contributed by atoms with Gasteiger partial charge in [-0.1, -0.05) is 18.2 Å². The first kappa shape index (κ1) is 17.4. The van der Waals surface area contributed by atoms with Crippen molar-refractivity contribution in [2.75, 3.05) is 7.11 Å². The standard InChI is InChI=1S/C22H14N2O4S/c1-27-19-9-7-15(11-17(19)24(25)26)22-23-16-10-14(6-8-18(16)28-22)21-12-13-4-2-3-5-20(13)29-21/h2-12H,1H3. The fourth-order valence-electron chi connectivity index (χ4n) is 3.29. The number of nitrogens with zero attached hydrogens (tertiary/aromatic N) is 2. The van der Waals surface area contributed by atoms with Crippen molar-refractivity contribution in [2.24, 2.45) is 0 Å². The molecular weight excluding hydrogens is 388 g/mol. The van der Waals surface area contributed by atoms with Gasteiger partial charge in [0.25, 0.3) is 0 Å². The third-order valence-electron chi connectivity index (χ3n) is 4.72. The Morgan fingerprint density at radius 2 is 1.86 bits per heavy atom. The monoisotopic (exact) mass is 402 g/mol. The van der Waals surface area contributed by atoms with Crippen LogP contribution in [-0.4, -0.2) is 17.0 Å². The maximum Gasteiger partial charge on any atom is 0.311 e. The molecule has 5 aromatic rings. The van der Waals surface area contributed by atoms with E-state index in [4.69, 9.17) is 9.15 Å². The van der Waals surface area contributed by atoms with Crippen molar-refractivity contribution in [3.8, 4) is 27.6 Å². The summed E-state index contributed by atoms with van der Waals surface area (Å²) in [5, 5.41) is 12.5. The second kappa shape index (κ2) is 6.72. The van der Waals surface area contributed by atoms with Crippen LogP contribution in [0.2, 0.25) is 0 Å². The lowest BCUT2D eigenvalue weighted by Gasteiger charge is -2.02. The number of hydrogen-bond donors (Lipinski definition) is 0. The van der Waals surface area contributed by atoms with Crippen LogP contribution >= 0.6 is 11.3 Å². The summed E-state index contributed by atoms with van der Waals surface area (Å²) in [7, 11) is 1.40. The highest BCUT2D eigenvalue weighted by Gasteiger charge is 2.18. The van der Waals surface area contributed by atoms with Gasteiger partial charge < -0.3 is 9.15 Å². The van der Waals surface area contributed by atoms with Crippen molar-refractivity contribution >= 4 is 38.2 Å². The molecule has 0 N–H and O–H groups in total. The van der Waals surface area contributed by atoms with E-state index < -0.39 is 4.92 Å². The molecule has 0 atom stereocenters. The zero-order valence-corrected chi connectivity index (χ0v) is 16.1. The molecule has 0 aliphatic heterocycles. The fourth-order valence-corrected chi connectivity index (χ4v) is 4.35. The Balaban J connectivity index is 1.58. The number of methoxy groups -OCH3 is 1. The Labute approximate surface area is 169 Å². The van der Waals surface area contributed by atoms with E-state index in [1.807, 2.05) is 30.3 Å². The highest BCUT2D eigenvalue weighted by molar-refractivity contribution is 7.22. The quantitative estimate of drug-likeness (QED) is 0.261. The summed E-state index contributed by atoms with van der Waals surface area (Å²) >= 11 is 1.72. The van der Waals surface area contributed by atoms with E-state index in [2.05, 4.69) is 23.2 Å². The lowest BCUT2D eigenvalue weighted by Crippen LogP contribution is -1.94. The van der Waals surface area contributed by atoms with E-state index in [0.717, 1.165) is 10.4 Å². The molecule has 29 heavy (non-hydrogen) atoms. The summed E-state index contributed by atoms with van der Waals surface area (Å²) in [5.74, 6) is 0.529. The Morgan fingerprint density at radius 1 is 1.03 bits per heavy atom. The van der Waals surface area contributed by atoms with E-state index >= 15 is 0 Å². The minimum absolute atomic E-state index is 0.127. The van der Waals surface area contributed by atoms with Crippen LogP contribution in [0.3, 0.4) is 0 Å². The number of thiophene rings is 1. The first-order chi connectivity index (χ1) is 14.1. The summed E-state index contributed by atoms with van der Waals surface area (Å²) in [6.45, 7) is 0. The molecule has 0 aliphatic carbocycles. The number of aromatic nitrogens is 1. The number of benzene rings is 3. The van der Waals surface area contributed by atoms with Gasteiger partial charge in [-0.05, 0) is 53.4 Å². The van der Waals surface area contributed by atoms with Gasteiger partial charge in [0.15, 0.2) is 11.3 Å². The molecule has 7 heteroatoms. The smallest absolute Gasteiger partial charge is 0.311 e. The molecule has 0 aliphatic rings. The lowest BCUT2D eigenvalue weighted by molar-refractivity contribution is -0.385. The van der Waals surface area contributed by atoms with Crippen molar-refractivity contribution in [1.29, 1.82) is 0 Å². The maximum absolute atomic E-state index is 11.3. The first-order valence-electron chi connectivity index (χ1n) is 8.85. The Kier molecular flexibility index (Phi) is 4.03. The number of ether oxygens (including phenoxy) is 1. The van der Waals surface area contributed by atoms with Gasteiger partial charge in [0.1, 0.15) is 5.52 Å². The summed E-state index contributed by atoms with van der Waals surface area (Å²) in [6, 6.07) is 20.9. The van der Waals surface area contributed by atoms with Crippen molar-refractivity contribution in [1.82, 2.24) is 4.98 Å².